The molecule has 0 atom stereocenters. The lowest BCUT2D eigenvalue weighted by Gasteiger charge is -2.09. The molecule has 4 nitrogen and oxygen atoms in total. The average Bonchev–Trinajstić information content (AvgIpc) is 2.36. The Morgan fingerprint density at radius 2 is 1.94 bits per heavy atom. The van der Waals surface area contributed by atoms with Crippen molar-refractivity contribution in [1.82, 2.24) is 5.32 Å². The first kappa shape index (κ1) is 14.4. The molecule has 0 aromatic heterocycles. The van der Waals surface area contributed by atoms with Gasteiger partial charge in [-0.2, -0.15) is 0 Å². The molecule has 1 amide bonds. The first-order chi connectivity index (χ1) is 8.61. The van der Waals surface area contributed by atoms with Gasteiger partial charge < -0.3 is 15.4 Å². The maximum atomic E-state index is 11.5. The highest BCUT2D eigenvalue weighted by Crippen LogP contribution is 2.14. The fourth-order valence-corrected chi connectivity index (χ4v) is 1.42. The van der Waals surface area contributed by atoms with Gasteiger partial charge in [-0.3, -0.25) is 4.79 Å². The summed E-state index contributed by atoms with van der Waals surface area (Å²) in [5, 5.41) is 5.85. The van der Waals surface area contributed by atoms with E-state index in [1.807, 2.05) is 31.3 Å². The van der Waals surface area contributed by atoms with Crippen molar-refractivity contribution < 1.29 is 9.53 Å². The number of nitrogens with one attached hydrogen (secondary N) is 2. The van der Waals surface area contributed by atoms with Gasteiger partial charge in [0.15, 0.2) is 6.61 Å². The number of carbonyl (C=O) groups is 1. The Morgan fingerprint density at radius 1 is 1.28 bits per heavy atom. The Bertz CT molecular complexity index is 361. The number of ether oxygens (including phenoxy) is 1. The van der Waals surface area contributed by atoms with E-state index in [1.54, 1.807) is 0 Å². The molecule has 4 heteroatoms. The fraction of sp³-hybridized carbons (Fsp3) is 0.500. The Balaban J connectivity index is 2.24. The summed E-state index contributed by atoms with van der Waals surface area (Å²) >= 11 is 0. The van der Waals surface area contributed by atoms with Crippen molar-refractivity contribution in [2.45, 2.75) is 20.3 Å². The molecule has 0 unspecified atom stereocenters. The monoisotopic (exact) mass is 250 g/mol. The molecule has 1 aromatic rings. The summed E-state index contributed by atoms with van der Waals surface area (Å²) < 4.78 is 5.38. The Hall–Kier alpha value is -1.71. The average molecular weight is 250 g/mol. The van der Waals surface area contributed by atoms with Crippen LogP contribution in [0.5, 0.6) is 5.75 Å². The van der Waals surface area contributed by atoms with E-state index in [-0.39, 0.29) is 12.5 Å². The van der Waals surface area contributed by atoms with Gasteiger partial charge in [-0.25, -0.2) is 0 Å². The van der Waals surface area contributed by atoms with Crippen molar-refractivity contribution in [2.75, 3.05) is 25.5 Å². The Kier molecular flexibility index (Phi) is 6.05. The van der Waals surface area contributed by atoms with Crippen LogP contribution in [0.2, 0.25) is 0 Å². The van der Waals surface area contributed by atoms with Gasteiger partial charge in [0.05, 0.1) is 0 Å². The van der Waals surface area contributed by atoms with Gasteiger partial charge in [-0.15, -0.1) is 0 Å². The normalized spacial score (nSPS) is 10.2. The summed E-state index contributed by atoms with van der Waals surface area (Å²) in [6, 6.07) is 7.50. The molecular formula is C14H22N2O2. The van der Waals surface area contributed by atoms with Crippen LogP contribution in [0.3, 0.4) is 0 Å². The van der Waals surface area contributed by atoms with Crippen LogP contribution in [0.15, 0.2) is 24.3 Å². The highest BCUT2D eigenvalue weighted by atomic mass is 16.5. The molecule has 0 aliphatic rings. The molecule has 1 rings (SSSR count). The second-order valence-corrected chi connectivity index (χ2v) is 4.60. The number of benzene rings is 1. The standard InChI is InChI=1S/C14H22N2O2/c1-11(2)8-9-16-14(17)10-18-13-6-4-12(15-3)5-7-13/h4-7,11,15H,8-10H2,1-3H3,(H,16,17). The van der Waals surface area contributed by atoms with Crippen LogP contribution in [0.4, 0.5) is 5.69 Å². The summed E-state index contributed by atoms with van der Waals surface area (Å²) in [6.07, 6.45) is 0.989. The minimum Gasteiger partial charge on any atom is -0.484 e. The topological polar surface area (TPSA) is 50.4 Å². The summed E-state index contributed by atoms with van der Waals surface area (Å²) in [5.41, 5.74) is 1.02. The third-order valence-corrected chi connectivity index (χ3v) is 2.56. The minimum atomic E-state index is -0.0756. The molecule has 100 valence electrons. The Labute approximate surface area is 109 Å². The van der Waals surface area contributed by atoms with Crippen LogP contribution in [0.25, 0.3) is 0 Å². The predicted molar refractivity (Wildman–Crippen MR) is 73.9 cm³/mol. The fourth-order valence-electron chi connectivity index (χ4n) is 1.42. The maximum absolute atomic E-state index is 11.5. The lowest BCUT2D eigenvalue weighted by atomic mass is 10.1. The third kappa shape index (κ3) is 5.57. The van der Waals surface area contributed by atoms with Crippen LogP contribution < -0.4 is 15.4 Å². The van der Waals surface area contributed by atoms with Crippen molar-refractivity contribution in [3.8, 4) is 5.75 Å². The van der Waals surface area contributed by atoms with Crippen LogP contribution in [-0.4, -0.2) is 26.1 Å². The molecule has 0 spiro atoms. The molecule has 18 heavy (non-hydrogen) atoms. The molecule has 0 radical (unpaired) electrons. The predicted octanol–water partition coefficient (Wildman–Crippen LogP) is 2.27. The third-order valence-electron chi connectivity index (χ3n) is 2.56. The number of carbonyl (C=O) groups excluding carboxylic acids is 1. The van der Waals surface area contributed by atoms with E-state index in [2.05, 4.69) is 24.5 Å². The van der Waals surface area contributed by atoms with E-state index in [4.69, 9.17) is 4.74 Å². The van der Waals surface area contributed by atoms with Gasteiger partial charge in [0.25, 0.3) is 5.91 Å². The largest absolute Gasteiger partial charge is 0.484 e. The van der Waals surface area contributed by atoms with Gasteiger partial charge in [-0.1, -0.05) is 13.8 Å². The van der Waals surface area contributed by atoms with Crippen molar-refractivity contribution >= 4 is 11.6 Å². The first-order valence-corrected chi connectivity index (χ1v) is 6.29. The number of rotatable bonds is 7. The molecule has 0 saturated heterocycles. The van der Waals surface area contributed by atoms with Crippen molar-refractivity contribution in [2.24, 2.45) is 5.92 Å². The zero-order chi connectivity index (χ0) is 13.4. The highest BCUT2D eigenvalue weighted by molar-refractivity contribution is 5.77. The molecule has 0 fully saturated rings. The summed E-state index contributed by atoms with van der Waals surface area (Å²) in [7, 11) is 1.86. The second-order valence-electron chi connectivity index (χ2n) is 4.60. The molecule has 0 saturated carbocycles. The van der Waals surface area contributed by atoms with E-state index in [0.717, 1.165) is 12.1 Å². The minimum absolute atomic E-state index is 0.0665. The van der Waals surface area contributed by atoms with Crippen LogP contribution in [0.1, 0.15) is 20.3 Å². The van der Waals surface area contributed by atoms with Gasteiger partial charge in [0, 0.05) is 19.3 Å². The maximum Gasteiger partial charge on any atom is 0.257 e. The summed E-state index contributed by atoms with van der Waals surface area (Å²) in [4.78, 5) is 11.5. The number of anilines is 1. The van der Waals surface area contributed by atoms with Crippen molar-refractivity contribution in [1.29, 1.82) is 0 Å². The van der Waals surface area contributed by atoms with Gasteiger partial charge in [0.1, 0.15) is 5.75 Å². The molecule has 0 aliphatic carbocycles. The highest BCUT2D eigenvalue weighted by Gasteiger charge is 2.02. The molecule has 2 N–H and O–H groups in total. The lowest BCUT2D eigenvalue weighted by Crippen LogP contribution is -2.30. The molecular weight excluding hydrogens is 228 g/mol. The van der Waals surface area contributed by atoms with Crippen LogP contribution in [0, 0.1) is 5.92 Å². The van der Waals surface area contributed by atoms with E-state index >= 15 is 0 Å². The van der Waals surface area contributed by atoms with Crippen molar-refractivity contribution in [3.63, 3.8) is 0 Å². The van der Waals surface area contributed by atoms with E-state index in [0.29, 0.717) is 18.2 Å². The number of amides is 1. The smallest absolute Gasteiger partial charge is 0.257 e. The quantitative estimate of drug-likeness (QED) is 0.780. The SMILES string of the molecule is CNc1ccc(OCC(=O)NCCC(C)C)cc1. The van der Waals surface area contributed by atoms with Crippen LogP contribution >= 0.6 is 0 Å². The van der Waals surface area contributed by atoms with E-state index in [1.165, 1.54) is 0 Å². The lowest BCUT2D eigenvalue weighted by molar-refractivity contribution is -0.123. The zero-order valence-corrected chi connectivity index (χ0v) is 11.3. The zero-order valence-electron chi connectivity index (χ0n) is 11.3. The second kappa shape index (κ2) is 7.58. The van der Waals surface area contributed by atoms with Crippen LogP contribution in [-0.2, 0) is 4.79 Å². The van der Waals surface area contributed by atoms with E-state index < -0.39 is 0 Å². The molecule has 0 heterocycles. The van der Waals surface area contributed by atoms with Crippen molar-refractivity contribution in [3.05, 3.63) is 24.3 Å². The molecule has 1 aromatic carbocycles. The van der Waals surface area contributed by atoms with Gasteiger partial charge in [0.2, 0.25) is 0 Å². The Morgan fingerprint density at radius 3 is 2.50 bits per heavy atom. The van der Waals surface area contributed by atoms with E-state index in [9.17, 15) is 4.79 Å². The number of hydrogen-bond donors (Lipinski definition) is 2. The van der Waals surface area contributed by atoms with Gasteiger partial charge >= 0.3 is 0 Å². The number of hydrogen-bond acceptors (Lipinski definition) is 3. The molecule has 0 bridgehead atoms. The first-order valence-electron chi connectivity index (χ1n) is 6.29. The molecule has 0 aliphatic heterocycles. The van der Waals surface area contributed by atoms with Gasteiger partial charge in [-0.05, 0) is 36.6 Å². The summed E-state index contributed by atoms with van der Waals surface area (Å²) in [6.45, 7) is 5.04. The summed E-state index contributed by atoms with van der Waals surface area (Å²) in [5.74, 6) is 1.22.